The van der Waals surface area contributed by atoms with E-state index in [0.29, 0.717) is 17.8 Å². The molecule has 2 aliphatic heterocycles. The Labute approximate surface area is 131 Å². The first-order chi connectivity index (χ1) is 10.6. The predicted octanol–water partition coefficient (Wildman–Crippen LogP) is 0.341. The second-order valence-corrected chi connectivity index (χ2v) is 6.22. The Balaban J connectivity index is 1.64. The van der Waals surface area contributed by atoms with Gasteiger partial charge in [-0.05, 0) is 25.5 Å². The van der Waals surface area contributed by atoms with Gasteiger partial charge in [0.15, 0.2) is 0 Å². The molecule has 6 heteroatoms. The number of fused-ring (bicyclic) bond motifs is 1. The smallest absolute Gasteiger partial charge is 0.237 e. The van der Waals surface area contributed by atoms with Crippen LogP contribution >= 0.6 is 0 Å². The number of carbonyl (C=O) groups excluding carboxylic acids is 1. The summed E-state index contributed by atoms with van der Waals surface area (Å²) in [5.74, 6) is 1.41. The number of likely N-dealkylation sites (N-methyl/N-ethyl adjacent to an activating group) is 2. The number of pyridine rings is 1. The Morgan fingerprint density at radius 1 is 1.50 bits per heavy atom. The molecule has 3 rings (SSSR count). The highest BCUT2D eigenvalue weighted by Gasteiger charge is 2.46. The Kier molecular flexibility index (Phi) is 4.31. The third-order valence-electron chi connectivity index (χ3n) is 5.01. The van der Waals surface area contributed by atoms with Crippen molar-refractivity contribution in [2.75, 3.05) is 34.3 Å². The van der Waals surface area contributed by atoms with Gasteiger partial charge in [-0.3, -0.25) is 14.6 Å². The number of likely N-dealkylation sites (tertiary alicyclic amines) is 2. The van der Waals surface area contributed by atoms with Crippen LogP contribution in [-0.2, 0) is 11.3 Å². The topological polar surface area (TPSA) is 57.7 Å². The molecule has 1 amide bonds. The van der Waals surface area contributed by atoms with Crippen LogP contribution in [0.15, 0.2) is 18.3 Å². The number of amides is 1. The number of nitrogens with one attached hydrogen (secondary N) is 1. The molecule has 2 aliphatic rings. The van der Waals surface area contributed by atoms with Crippen LogP contribution in [0.5, 0.6) is 5.88 Å². The van der Waals surface area contributed by atoms with Crippen molar-refractivity contribution in [1.29, 1.82) is 0 Å². The number of nitrogens with zero attached hydrogens (tertiary/aromatic N) is 3. The molecule has 0 saturated carbocycles. The normalized spacial score (nSPS) is 28.6. The van der Waals surface area contributed by atoms with Crippen LogP contribution < -0.4 is 10.1 Å². The van der Waals surface area contributed by atoms with Crippen LogP contribution in [0, 0.1) is 5.92 Å². The molecule has 1 N–H and O–H groups in total. The lowest BCUT2D eigenvalue weighted by molar-refractivity contribution is -0.125. The SMILES string of the molecule is CNC(=O)[C@@H]1C[C@H]2CN(Cc3cccnc3OC)C[C@H]2N1C. The molecule has 2 fully saturated rings. The standard InChI is InChI=1S/C16H24N4O2/c1-17-15(21)13-7-12-9-20(10-14(12)19(13)2)8-11-5-4-6-18-16(11)22-3/h4-6,12-14H,7-10H2,1-3H3,(H,17,21)/t12-,13-,14+/m0/s1. The summed E-state index contributed by atoms with van der Waals surface area (Å²) in [6, 6.07) is 4.50. The summed E-state index contributed by atoms with van der Waals surface area (Å²) in [5, 5.41) is 2.77. The first-order valence-electron chi connectivity index (χ1n) is 7.77. The highest BCUT2D eigenvalue weighted by atomic mass is 16.5. The number of carbonyl (C=O) groups is 1. The predicted molar refractivity (Wildman–Crippen MR) is 83.6 cm³/mol. The van der Waals surface area contributed by atoms with Crippen LogP contribution in [0.2, 0.25) is 0 Å². The van der Waals surface area contributed by atoms with Crippen molar-refractivity contribution in [3.05, 3.63) is 23.9 Å². The van der Waals surface area contributed by atoms with Gasteiger partial charge in [-0.1, -0.05) is 6.07 Å². The van der Waals surface area contributed by atoms with E-state index in [1.165, 1.54) is 0 Å². The van der Waals surface area contributed by atoms with Crippen molar-refractivity contribution >= 4 is 5.91 Å². The van der Waals surface area contributed by atoms with Gasteiger partial charge in [-0.15, -0.1) is 0 Å². The minimum atomic E-state index is 0.0232. The van der Waals surface area contributed by atoms with Crippen molar-refractivity contribution in [3.63, 3.8) is 0 Å². The summed E-state index contributed by atoms with van der Waals surface area (Å²) in [6.07, 6.45) is 2.70. The first-order valence-corrected chi connectivity index (χ1v) is 7.77. The molecule has 120 valence electrons. The minimum Gasteiger partial charge on any atom is -0.481 e. The molecule has 22 heavy (non-hydrogen) atoms. The van der Waals surface area contributed by atoms with Gasteiger partial charge >= 0.3 is 0 Å². The van der Waals surface area contributed by atoms with Gasteiger partial charge in [0.25, 0.3) is 0 Å². The fraction of sp³-hybridized carbons (Fsp3) is 0.625. The van der Waals surface area contributed by atoms with Crippen molar-refractivity contribution in [1.82, 2.24) is 20.1 Å². The van der Waals surface area contributed by atoms with E-state index in [4.69, 9.17) is 4.74 Å². The lowest BCUT2D eigenvalue weighted by atomic mass is 10.0. The van der Waals surface area contributed by atoms with Crippen molar-refractivity contribution in [2.45, 2.75) is 25.0 Å². The van der Waals surface area contributed by atoms with E-state index in [-0.39, 0.29) is 11.9 Å². The van der Waals surface area contributed by atoms with Gasteiger partial charge in [0.2, 0.25) is 11.8 Å². The Morgan fingerprint density at radius 2 is 2.32 bits per heavy atom. The summed E-state index contributed by atoms with van der Waals surface area (Å²) >= 11 is 0. The van der Waals surface area contributed by atoms with E-state index in [1.54, 1.807) is 20.4 Å². The summed E-state index contributed by atoms with van der Waals surface area (Å²) < 4.78 is 5.33. The zero-order valence-electron chi connectivity index (χ0n) is 13.5. The fourth-order valence-corrected chi connectivity index (χ4v) is 3.88. The molecular weight excluding hydrogens is 280 g/mol. The van der Waals surface area contributed by atoms with Gasteiger partial charge in [0.05, 0.1) is 13.2 Å². The molecule has 3 atom stereocenters. The quantitative estimate of drug-likeness (QED) is 0.869. The average Bonchev–Trinajstić information content (AvgIpc) is 3.06. The number of rotatable bonds is 4. The Hall–Kier alpha value is -1.66. The van der Waals surface area contributed by atoms with Crippen molar-refractivity contribution < 1.29 is 9.53 Å². The van der Waals surface area contributed by atoms with E-state index >= 15 is 0 Å². The van der Waals surface area contributed by atoms with E-state index in [1.807, 2.05) is 6.07 Å². The molecule has 0 bridgehead atoms. The van der Waals surface area contributed by atoms with Crippen molar-refractivity contribution in [3.8, 4) is 5.88 Å². The van der Waals surface area contributed by atoms with Crippen LogP contribution in [-0.4, -0.2) is 67.1 Å². The number of methoxy groups -OCH3 is 1. The van der Waals surface area contributed by atoms with Gasteiger partial charge in [0.1, 0.15) is 0 Å². The van der Waals surface area contributed by atoms with E-state index in [2.05, 4.69) is 33.2 Å². The van der Waals surface area contributed by atoms with Gasteiger partial charge < -0.3 is 10.1 Å². The molecule has 1 aromatic heterocycles. The minimum absolute atomic E-state index is 0.0232. The summed E-state index contributed by atoms with van der Waals surface area (Å²) in [4.78, 5) is 20.9. The number of hydrogen-bond acceptors (Lipinski definition) is 5. The molecule has 0 radical (unpaired) electrons. The molecule has 1 aromatic rings. The molecule has 2 saturated heterocycles. The second-order valence-electron chi connectivity index (χ2n) is 6.22. The molecule has 6 nitrogen and oxygen atoms in total. The lowest BCUT2D eigenvalue weighted by Crippen LogP contribution is -2.44. The van der Waals surface area contributed by atoms with Crippen LogP contribution in [0.25, 0.3) is 0 Å². The molecule has 0 aromatic carbocycles. The van der Waals surface area contributed by atoms with Gasteiger partial charge in [0, 0.05) is 44.5 Å². The van der Waals surface area contributed by atoms with Crippen molar-refractivity contribution in [2.24, 2.45) is 5.92 Å². The van der Waals surface area contributed by atoms with Crippen LogP contribution in [0.3, 0.4) is 0 Å². The lowest BCUT2D eigenvalue weighted by Gasteiger charge is -2.25. The highest BCUT2D eigenvalue weighted by Crippen LogP contribution is 2.35. The largest absolute Gasteiger partial charge is 0.481 e. The zero-order chi connectivity index (χ0) is 15.7. The monoisotopic (exact) mass is 304 g/mol. The van der Waals surface area contributed by atoms with Crippen LogP contribution in [0.1, 0.15) is 12.0 Å². The number of aromatic nitrogens is 1. The Morgan fingerprint density at radius 3 is 3.00 bits per heavy atom. The third kappa shape index (κ3) is 2.68. The second kappa shape index (κ2) is 6.22. The average molecular weight is 304 g/mol. The maximum Gasteiger partial charge on any atom is 0.237 e. The summed E-state index contributed by atoms with van der Waals surface area (Å²) in [6.45, 7) is 2.87. The first kappa shape index (κ1) is 15.2. The highest BCUT2D eigenvalue weighted by molar-refractivity contribution is 5.81. The van der Waals surface area contributed by atoms with Gasteiger partial charge in [-0.25, -0.2) is 4.98 Å². The van der Waals surface area contributed by atoms with E-state index in [0.717, 1.165) is 31.6 Å². The Bertz CT molecular complexity index is 551. The number of ether oxygens (including phenoxy) is 1. The van der Waals surface area contributed by atoms with Crippen LogP contribution in [0.4, 0.5) is 0 Å². The number of hydrogen-bond donors (Lipinski definition) is 1. The van der Waals surface area contributed by atoms with Gasteiger partial charge in [-0.2, -0.15) is 0 Å². The molecule has 0 unspecified atom stereocenters. The fourth-order valence-electron chi connectivity index (χ4n) is 3.88. The maximum absolute atomic E-state index is 11.9. The summed E-state index contributed by atoms with van der Waals surface area (Å²) in [5.41, 5.74) is 1.12. The zero-order valence-corrected chi connectivity index (χ0v) is 13.5. The molecular formula is C16H24N4O2. The third-order valence-corrected chi connectivity index (χ3v) is 5.01. The molecule has 3 heterocycles. The molecule has 0 aliphatic carbocycles. The van der Waals surface area contributed by atoms with E-state index < -0.39 is 0 Å². The van der Waals surface area contributed by atoms with E-state index in [9.17, 15) is 4.79 Å². The molecule has 0 spiro atoms. The maximum atomic E-state index is 11.9. The summed E-state index contributed by atoms with van der Waals surface area (Å²) in [7, 11) is 5.44.